The molecule has 0 aliphatic carbocycles. The Morgan fingerprint density at radius 3 is 2.62 bits per heavy atom. The number of rotatable bonds is 8. The van der Waals surface area contributed by atoms with E-state index >= 15 is 0 Å². The SMILES string of the molecule is CC(Cn1cccn1)NCCNS(=O)(=O)c1ccccc1. The first-order valence-corrected chi connectivity index (χ1v) is 8.32. The van der Waals surface area contributed by atoms with Crippen molar-refractivity contribution >= 4 is 10.0 Å². The molecule has 0 aliphatic rings. The van der Waals surface area contributed by atoms with Gasteiger partial charge < -0.3 is 5.32 Å². The molecule has 1 heterocycles. The first-order chi connectivity index (χ1) is 10.1. The first-order valence-electron chi connectivity index (χ1n) is 6.83. The Kier molecular flexibility index (Phi) is 5.49. The second kappa shape index (κ2) is 7.35. The largest absolute Gasteiger partial charge is 0.311 e. The minimum atomic E-state index is -3.42. The van der Waals surface area contributed by atoms with Crippen molar-refractivity contribution in [3.05, 3.63) is 48.8 Å². The average Bonchev–Trinajstić information content (AvgIpc) is 2.97. The molecule has 0 bridgehead atoms. The molecule has 0 saturated heterocycles. The van der Waals surface area contributed by atoms with Gasteiger partial charge in [0.1, 0.15) is 0 Å². The molecule has 7 heteroatoms. The third-order valence-electron chi connectivity index (χ3n) is 2.98. The van der Waals surface area contributed by atoms with Crippen molar-refractivity contribution in [2.45, 2.75) is 24.4 Å². The summed E-state index contributed by atoms with van der Waals surface area (Å²) in [5.74, 6) is 0. The number of benzene rings is 1. The summed E-state index contributed by atoms with van der Waals surface area (Å²) in [6.07, 6.45) is 3.64. The summed E-state index contributed by atoms with van der Waals surface area (Å²) >= 11 is 0. The smallest absolute Gasteiger partial charge is 0.240 e. The standard InChI is InChI=1S/C14H20N4O2S/c1-13(12-18-11-5-8-16-18)15-9-10-17-21(19,20)14-6-3-2-4-7-14/h2-8,11,13,15,17H,9-10,12H2,1H3. The summed E-state index contributed by atoms with van der Waals surface area (Å²) in [5, 5.41) is 7.39. The summed E-state index contributed by atoms with van der Waals surface area (Å²) in [4.78, 5) is 0.287. The molecule has 0 fully saturated rings. The summed E-state index contributed by atoms with van der Waals surface area (Å²) in [7, 11) is -3.42. The van der Waals surface area contributed by atoms with Crippen LogP contribution < -0.4 is 10.0 Å². The quantitative estimate of drug-likeness (QED) is 0.709. The van der Waals surface area contributed by atoms with Crippen LogP contribution in [0.2, 0.25) is 0 Å². The fraction of sp³-hybridized carbons (Fsp3) is 0.357. The van der Waals surface area contributed by atoms with Crippen molar-refractivity contribution in [3.63, 3.8) is 0 Å². The van der Waals surface area contributed by atoms with Gasteiger partial charge in [-0.15, -0.1) is 0 Å². The molecule has 114 valence electrons. The van der Waals surface area contributed by atoms with E-state index in [4.69, 9.17) is 0 Å². The van der Waals surface area contributed by atoms with Gasteiger partial charge in [-0.05, 0) is 25.1 Å². The zero-order chi connectivity index (χ0) is 15.1. The Bertz CT molecular complexity index is 626. The molecule has 21 heavy (non-hydrogen) atoms. The number of aromatic nitrogens is 2. The van der Waals surface area contributed by atoms with E-state index in [1.54, 1.807) is 36.5 Å². The number of hydrogen-bond acceptors (Lipinski definition) is 4. The molecule has 2 N–H and O–H groups in total. The fourth-order valence-corrected chi connectivity index (χ4v) is 2.99. The Balaban J connectivity index is 1.72. The number of nitrogens with zero attached hydrogens (tertiary/aromatic N) is 2. The van der Waals surface area contributed by atoms with E-state index in [-0.39, 0.29) is 10.9 Å². The van der Waals surface area contributed by atoms with Crippen molar-refractivity contribution in [1.29, 1.82) is 0 Å². The van der Waals surface area contributed by atoms with E-state index in [0.717, 1.165) is 6.54 Å². The van der Waals surface area contributed by atoms with Gasteiger partial charge in [0.05, 0.1) is 11.4 Å². The van der Waals surface area contributed by atoms with Crippen molar-refractivity contribution < 1.29 is 8.42 Å². The molecule has 2 aromatic rings. The predicted octanol–water partition coefficient (Wildman–Crippen LogP) is 0.840. The normalized spacial score (nSPS) is 13.2. The highest BCUT2D eigenvalue weighted by atomic mass is 32.2. The van der Waals surface area contributed by atoms with Crippen LogP contribution in [0.15, 0.2) is 53.7 Å². The molecule has 0 radical (unpaired) electrons. The van der Waals surface area contributed by atoms with Crippen molar-refractivity contribution in [2.24, 2.45) is 0 Å². The number of hydrogen-bond donors (Lipinski definition) is 2. The van der Waals surface area contributed by atoms with Gasteiger partial charge in [0.15, 0.2) is 0 Å². The lowest BCUT2D eigenvalue weighted by Crippen LogP contribution is -2.37. The van der Waals surface area contributed by atoms with E-state index in [9.17, 15) is 8.42 Å². The summed E-state index contributed by atoms with van der Waals surface area (Å²) in [6.45, 7) is 3.70. The molecule has 0 aliphatic heterocycles. The molecule has 1 aromatic carbocycles. The van der Waals surface area contributed by atoms with Gasteiger partial charge in [0, 0.05) is 31.5 Å². The Labute approximate surface area is 125 Å². The van der Waals surface area contributed by atoms with Crippen molar-refractivity contribution in [3.8, 4) is 0 Å². The molecule has 0 amide bonds. The summed E-state index contributed by atoms with van der Waals surface area (Å²) in [5.41, 5.74) is 0. The topological polar surface area (TPSA) is 76.0 Å². The lowest BCUT2D eigenvalue weighted by Gasteiger charge is -2.14. The first kappa shape index (κ1) is 15.7. The van der Waals surface area contributed by atoms with E-state index < -0.39 is 10.0 Å². The highest BCUT2D eigenvalue weighted by Crippen LogP contribution is 2.06. The minimum Gasteiger partial charge on any atom is -0.311 e. The van der Waals surface area contributed by atoms with Crippen LogP contribution in [0.1, 0.15) is 6.92 Å². The number of sulfonamides is 1. The minimum absolute atomic E-state index is 0.214. The van der Waals surface area contributed by atoms with Crippen LogP contribution in [0.3, 0.4) is 0 Å². The van der Waals surface area contributed by atoms with Crippen LogP contribution >= 0.6 is 0 Å². The highest BCUT2D eigenvalue weighted by Gasteiger charge is 2.12. The maximum absolute atomic E-state index is 12.0. The van der Waals surface area contributed by atoms with Gasteiger partial charge in [-0.1, -0.05) is 18.2 Å². The van der Waals surface area contributed by atoms with Crippen LogP contribution in [0.4, 0.5) is 0 Å². The Morgan fingerprint density at radius 2 is 1.95 bits per heavy atom. The van der Waals surface area contributed by atoms with E-state index in [1.165, 1.54) is 0 Å². The molecule has 1 atom stereocenters. The van der Waals surface area contributed by atoms with Crippen molar-refractivity contribution in [1.82, 2.24) is 19.8 Å². The third-order valence-corrected chi connectivity index (χ3v) is 4.46. The van der Waals surface area contributed by atoms with Gasteiger partial charge in [-0.2, -0.15) is 5.10 Å². The molecule has 0 saturated carbocycles. The van der Waals surface area contributed by atoms with Crippen LogP contribution in [0.5, 0.6) is 0 Å². The Hall–Kier alpha value is -1.70. The molecule has 1 unspecified atom stereocenters. The monoisotopic (exact) mass is 308 g/mol. The second-order valence-corrected chi connectivity index (χ2v) is 6.56. The number of nitrogens with one attached hydrogen (secondary N) is 2. The Morgan fingerprint density at radius 1 is 1.19 bits per heavy atom. The lowest BCUT2D eigenvalue weighted by molar-refractivity contribution is 0.453. The van der Waals surface area contributed by atoms with Crippen LogP contribution in [0, 0.1) is 0 Å². The predicted molar refractivity (Wildman–Crippen MR) is 81.3 cm³/mol. The molecular weight excluding hydrogens is 288 g/mol. The van der Waals surface area contributed by atoms with E-state index in [1.807, 2.05) is 23.9 Å². The average molecular weight is 308 g/mol. The highest BCUT2D eigenvalue weighted by molar-refractivity contribution is 7.89. The fourth-order valence-electron chi connectivity index (χ4n) is 1.94. The molecular formula is C14H20N4O2S. The molecule has 2 rings (SSSR count). The van der Waals surface area contributed by atoms with Crippen LogP contribution in [0.25, 0.3) is 0 Å². The maximum atomic E-state index is 12.0. The zero-order valence-corrected chi connectivity index (χ0v) is 12.8. The van der Waals surface area contributed by atoms with Gasteiger partial charge in [0.25, 0.3) is 0 Å². The zero-order valence-electron chi connectivity index (χ0n) is 11.9. The van der Waals surface area contributed by atoms with E-state index in [2.05, 4.69) is 15.1 Å². The van der Waals surface area contributed by atoms with Gasteiger partial charge in [0.2, 0.25) is 10.0 Å². The summed E-state index contributed by atoms with van der Waals surface area (Å²) in [6, 6.07) is 10.5. The maximum Gasteiger partial charge on any atom is 0.240 e. The van der Waals surface area contributed by atoms with Gasteiger partial charge >= 0.3 is 0 Å². The van der Waals surface area contributed by atoms with Crippen LogP contribution in [-0.2, 0) is 16.6 Å². The van der Waals surface area contributed by atoms with Gasteiger partial charge in [-0.25, -0.2) is 13.1 Å². The summed E-state index contributed by atoms with van der Waals surface area (Å²) < 4.78 is 28.4. The van der Waals surface area contributed by atoms with Crippen molar-refractivity contribution in [2.75, 3.05) is 13.1 Å². The van der Waals surface area contributed by atoms with Gasteiger partial charge in [-0.3, -0.25) is 4.68 Å². The molecule has 1 aromatic heterocycles. The van der Waals surface area contributed by atoms with E-state index in [0.29, 0.717) is 13.1 Å². The van der Waals surface area contributed by atoms with Crippen LogP contribution in [-0.4, -0.2) is 37.3 Å². The third kappa shape index (κ3) is 4.96. The molecule has 6 nitrogen and oxygen atoms in total. The second-order valence-electron chi connectivity index (χ2n) is 4.79. The lowest BCUT2D eigenvalue weighted by atomic mass is 10.3. The molecule has 0 spiro atoms.